The van der Waals surface area contributed by atoms with Crippen LogP contribution in [0.15, 0.2) is 23.4 Å². The molecule has 0 radical (unpaired) electrons. The number of carbonyl (C=O) groups excluding carboxylic acids is 1. The molecular formula is C17H19N7OS. The van der Waals surface area contributed by atoms with Gasteiger partial charge in [-0.1, -0.05) is 30.0 Å². The van der Waals surface area contributed by atoms with Crippen molar-refractivity contribution in [3.05, 3.63) is 29.3 Å². The molecule has 0 aliphatic rings. The second-order valence-electron chi connectivity index (χ2n) is 5.60. The maximum atomic E-state index is 12.4. The molecule has 1 aromatic heterocycles. The lowest BCUT2D eigenvalue weighted by atomic mass is 10.1. The molecular weight excluding hydrogens is 350 g/mol. The number of aromatic nitrogens is 4. The summed E-state index contributed by atoms with van der Waals surface area (Å²) in [6.07, 6.45) is 0.476. The standard InChI is InChI=1S/C17H19N7OS/c1-13-6-3-7-14(2)16(13)24-17(20-21-22-24)26-12-15(25)23(10-4-8-18)11-5-9-19/h3,6-7H,4-5,10-12H2,1-2H3. The number of aryl methyl sites for hydroxylation is 2. The first-order valence-corrected chi connectivity index (χ1v) is 9.06. The van der Waals surface area contributed by atoms with Crippen LogP contribution >= 0.6 is 11.8 Å². The van der Waals surface area contributed by atoms with E-state index in [4.69, 9.17) is 10.5 Å². The normalized spacial score (nSPS) is 10.2. The summed E-state index contributed by atoms with van der Waals surface area (Å²) in [5, 5.41) is 29.8. The van der Waals surface area contributed by atoms with Gasteiger partial charge >= 0.3 is 0 Å². The number of para-hydroxylation sites is 1. The quantitative estimate of drug-likeness (QED) is 0.654. The molecule has 0 aliphatic heterocycles. The second-order valence-corrected chi connectivity index (χ2v) is 6.54. The molecule has 134 valence electrons. The van der Waals surface area contributed by atoms with Crippen molar-refractivity contribution in [1.82, 2.24) is 25.1 Å². The van der Waals surface area contributed by atoms with Crippen molar-refractivity contribution in [3.63, 3.8) is 0 Å². The molecule has 1 aromatic carbocycles. The van der Waals surface area contributed by atoms with Gasteiger partial charge in [0.15, 0.2) is 0 Å². The fraction of sp³-hybridized carbons (Fsp3) is 0.412. The summed E-state index contributed by atoms with van der Waals surface area (Å²) >= 11 is 1.24. The predicted molar refractivity (Wildman–Crippen MR) is 96.4 cm³/mol. The SMILES string of the molecule is Cc1cccc(C)c1-n1nnnc1SCC(=O)N(CCC#N)CCC#N. The summed E-state index contributed by atoms with van der Waals surface area (Å²) in [5.41, 5.74) is 2.98. The van der Waals surface area contributed by atoms with Crippen LogP contribution < -0.4 is 0 Å². The Morgan fingerprint density at radius 3 is 2.38 bits per heavy atom. The minimum atomic E-state index is -0.142. The molecule has 0 saturated heterocycles. The summed E-state index contributed by atoms with van der Waals surface area (Å²) < 4.78 is 1.64. The van der Waals surface area contributed by atoms with E-state index in [2.05, 4.69) is 15.5 Å². The monoisotopic (exact) mass is 369 g/mol. The van der Waals surface area contributed by atoms with Gasteiger partial charge in [-0.15, -0.1) is 5.10 Å². The Kier molecular flexibility index (Phi) is 7.12. The number of tetrazole rings is 1. The van der Waals surface area contributed by atoms with Crippen molar-refractivity contribution < 1.29 is 4.79 Å². The zero-order valence-corrected chi connectivity index (χ0v) is 15.5. The number of amides is 1. The van der Waals surface area contributed by atoms with E-state index in [-0.39, 0.29) is 24.5 Å². The Hall–Kier alpha value is -2.91. The fourth-order valence-corrected chi connectivity index (χ4v) is 3.28. The molecule has 0 atom stereocenters. The Balaban J connectivity index is 2.11. The molecule has 1 heterocycles. The van der Waals surface area contributed by atoms with Gasteiger partial charge in [0.05, 0.1) is 36.4 Å². The highest BCUT2D eigenvalue weighted by atomic mass is 32.2. The van der Waals surface area contributed by atoms with Crippen molar-refractivity contribution in [3.8, 4) is 17.8 Å². The van der Waals surface area contributed by atoms with Crippen molar-refractivity contribution in [2.24, 2.45) is 0 Å². The topological polar surface area (TPSA) is 111 Å². The third-order valence-corrected chi connectivity index (χ3v) is 4.66. The maximum Gasteiger partial charge on any atom is 0.233 e. The van der Waals surface area contributed by atoms with Crippen LogP contribution in [-0.2, 0) is 4.79 Å². The number of rotatable bonds is 8. The smallest absolute Gasteiger partial charge is 0.233 e. The van der Waals surface area contributed by atoms with Gasteiger partial charge < -0.3 is 4.90 Å². The first kappa shape index (κ1) is 19.4. The molecule has 0 N–H and O–H groups in total. The van der Waals surface area contributed by atoms with E-state index in [9.17, 15) is 4.79 Å². The van der Waals surface area contributed by atoms with Gasteiger partial charge in [0.1, 0.15) is 0 Å². The first-order valence-electron chi connectivity index (χ1n) is 8.08. The van der Waals surface area contributed by atoms with Crippen molar-refractivity contribution in [1.29, 1.82) is 10.5 Å². The lowest BCUT2D eigenvalue weighted by Gasteiger charge is -2.20. The summed E-state index contributed by atoms with van der Waals surface area (Å²) in [5.74, 6) is -0.00105. The number of thioether (sulfide) groups is 1. The number of hydrogen-bond acceptors (Lipinski definition) is 7. The summed E-state index contributed by atoms with van der Waals surface area (Å²) in [7, 11) is 0. The molecule has 0 saturated carbocycles. The molecule has 1 amide bonds. The van der Waals surface area contributed by atoms with Crippen LogP contribution in [0.3, 0.4) is 0 Å². The number of nitrogens with zero attached hydrogens (tertiary/aromatic N) is 7. The number of hydrogen-bond donors (Lipinski definition) is 0. The van der Waals surface area contributed by atoms with Gasteiger partial charge in [0, 0.05) is 13.1 Å². The van der Waals surface area contributed by atoms with E-state index in [1.54, 1.807) is 4.68 Å². The average Bonchev–Trinajstić information content (AvgIpc) is 3.08. The molecule has 0 bridgehead atoms. The summed E-state index contributed by atoms with van der Waals surface area (Å²) in [6.45, 7) is 4.60. The minimum Gasteiger partial charge on any atom is -0.340 e. The molecule has 26 heavy (non-hydrogen) atoms. The van der Waals surface area contributed by atoms with E-state index in [1.807, 2.05) is 44.2 Å². The molecule has 0 fully saturated rings. The van der Waals surface area contributed by atoms with Gasteiger partial charge in [-0.2, -0.15) is 15.2 Å². The second kappa shape index (κ2) is 9.54. The fourth-order valence-electron chi connectivity index (χ4n) is 2.50. The summed E-state index contributed by atoms with van der Waals surface area (Å²) in [6, 6.07) is 9.98. The number of carbonyl (C=O) groups is 1. The highest BCUT2D eigenvalue weighted by molar-refractivity contribution is 7.99. The zero-order chi connectivity index (χ0) is 18.9. The minimum absolute atomic E-state index is 0.141. The lowest BCUT2D eigenvalue weighted by molar-refractivity contribution is -0.128. The highest BCUT2D eigenvalue weighted by Gasteiger charge is 2.18. The number of benzene rings is 1. The van der Waals surface area contributed by atoms with E-state index in [0.717, 1.165) is 16.8 Å². The molecule has 2 aromatic rings. The van der Waals surface area contributed by atoms with Crippen molar-refractivity contribution >= 4 is 17.7 Å². The lowest BCUT2D eigenvalue weighted by Crippen LogP contribution is -2.34. The Morgan fingerprint density at radius 2 is 1.81 bits per heavy atom. The molecule has 0 spiro atoms. The number of nitriles is 2. The van der Waals surface area contributed by atoms with Gasteiger partial charge in [0.25, 0.3) is 0 Å². The predicted octanol–water partition coefficient (Wildman–Crippen LogP) is 2.03. The molecule has 0 aliphatic carbocycles. The highest BCUT2D eigenvalue weighted by Crippen LogP contribution is 2.23. The van der Waals surface area contributed by atoms with E-state index in [1.165, 1.54) is 16.7 Å². The van der Waals surface area contributed by atoms with Crippen LogP contribution in [0.25, 0.3) is 5.69 Å². The van der Waals surface area contributed by atoms with Gasteiger partial charge in [-0.25, -0.2) is 0 Å². The van der Waals surface area contributed by atoms with Crippen LogP contribution in [-0.4, -0.2) is 49.9 Å². The van der Waals surface area contributed by atoms with Crippen LogP contribution in [0.5, 0.6) is 0 Å². The van der Waals surface area contributed by atoms with Crippen LogP contribution in [0.1, 0.15) is 24.0 Å². The van der Waals surface area contributed by atoms with Crippen LogP contribution in [0.4, 0.5) is 0 Å². The van der Waals surface area contributed by atoms with Gasteiger partial charge in [-0.05, 0) is 35.4 Å². The Labute approximate surface area is 156 Å². The first-order chi connectivity index (χ1) is 12.6. The molecule has 2 rings (SSSR count). The maximum absolute atomic E-state index is 12.4. The van der Waals surface area contributed by atoms with Gasteiger partial charge in [0.2, 0.25) is 11.1 Å². The zero-order valence-electron chi connectivity index (χ0n) is 14.7. The largest absolute Gasteiger partial charge is 0.340 e. The van der Waals surface area contributed by atoms with E-state index >= 15 is 0 Å². The van der Waals surface area contributed by atoms with Gasteiger partial charge in [-0.3, -0.25) is 4.79 Å². The Bertz CT molecular complexity index is 811. The molecule has 9 heteroatoms. The third kappa shape index (κ3) is 4.80. The van der Waals surface area contributed by atoms with Crippen molar-refractivity contribution in [2.45, 2.75) is 31.8 Å². The molecule has 0 unspecified atom stereocenters. The van der Waals surface area contributed by atoms with Crippen LogP contribution in [0, 0.1) is 36.5 Å². The van der Waals surface area contributed by atoms with E-state index < -0.39 is 0 Å². The average molecular weight is 369 g/mol. The van der Waals surface area contributed by atoms with Crippen LogP contribution in [0.2, 0.25) is 0 Å². The van der Waals surface area contributed by atoms with Crippen molar-refractivity contribution in [2.75, 3.05) is 18.8 Å². The third-order valence-electron chi connectivity index (χ3n) is 3.76. The molecule has 8 nitrogen and oxygen atoms in total. The Morgan fingerprint density at radius 1 is 1.19 bits per heavy atom. The van der Waals surface area contributed by atoms with E-state index in [0.29, 0.717) is 18.2 Å². The summed E-state index contributed by atoms with van der Waals surface area (Å²) in [4.78, 5) is 14.0.